The van der Waals surface area contributed by atoms with Gasteiger partial charge in [-0.25, -0.2) is 4.98 Å². The number of aromatic nitrogens is 6. The summed E-state index contributed by atoms with van der Waals surface area (Å²) < 4.78 is 3.46. The molecule has 3 heterocycles. The Morgan fingerprint density at radius 3 is 3.10 bits per heavy atom. The van der Waals surface area contributed by atoms with Gasteiger partial charge in [-0.15, -0.1) is 10.2 Å². The van der Waals surface area contributed by atoms with Gasteiger partial charge in [0.15, 0.2) is 11.5 Å². The quantitative estimate of drug-likeness (QED) is 0.707. The van der Waals surface area contributed by atoms with Gasteiger partial charge >= 0.3 is 0 Å². The minimum Gasteiger partial charge on any atom is -0.349 e. The molecule has 0 aliphatic rings. The van der Waals surface area contributed by atoms with Crippen molar-refractivity contribution in [1.82, 2.24) is 34.7 Å². The highest BCUT2D eigenvalue weighted by Gasteiger charge is 2.07. The first-order valence-corrected chi connectivity index (χ1v) is 6.21. The Morgan fingerprint density at radius 1 is 1.30 bits per heavy atom. The molecule has 0 aliphatic carbocycles. The van der Waals surface area contributed by atoms with Crippen molar-refractivity contribution in [2.75, 3.05) is 0 Å². The van der Waals surface area contributed by atoms with Crippen molar-refractivity contribution >= 4 is 11.6 Å². The predicted molar refractivity (Wildman–Crippen MR) is 69.5 cm³/mol. The number of carbonyl (C=O) groups excluding carboxylic acids is 1. The third-order valence-corrected chi connectivity index (χ3v) is 2.86. The van der Waals surface area contributed by atoms with Crippen LogP contribution in [0.15, 0.2) is 37.1 Å². The molecule has 0 radical (unpaired) electrons. The molecule has 3 rings (SSSR count). The van der Waals surface area contributed by atoms with Crippen LogP contribution in [0.3, 0.4) is 0 Å². The first kappa shape index (κ1) is 12.3. The van der Waals surface area contributed by atoms with Gasteiger partial charge in [-0.1, -0.05) is 6.07 Å². The van der Waals surface area contributed by atoms with E-state index in [1.54, 1.807) is 11.0 Å². The Hall–Kier alpha value is -2.77. The van der Waals surface area contributed by atoms with Crippen LogP contribution in [0.1, 0.15) is 12.2 Å². The van der Waals surface area contributed by atoms with E-state index in [-0.39, 0.29) is 5.91 Å². The smallest absolute Gasteiger partial charge is 0.222 e. The molecule has 0 bridgehead atoms. The number of hydrogen-bond donors (Lipinski definition) is 1. The molecule has 8 heteroatoms. The fourth-order valence-electron chi connectivity index (χ4n) is 1.84. The number of rotatable bonds is 5. The number of amides is 1. The molecule has 1 N–H and O–H groups in total. The van der Waals surface area contributed by atoms with E-state index in [4.69, 9.17) is 0 Å². The molecule has 1 amide bonds. The minimum atomic E-state index is -0.0619. The maximum atomic E-state index is 11.7. The minimum absolute atomic E-state index is 0.0619. The summed E-state index contributed by atoms with van der Waals surface area (Å²) in [5.74, 6) is 0.642. The molecule has 0 saturated carbocycles. The lowest BCUT2D eigenvalue weighted by atomic mass is 10.4. The summed E-state index contributed by atoms with van der Waals surface area (Å²) in [5, 5.41) is 14.8. The van der Waals surface area contributed by atoms with Gasteiger partial charge in [0.1, 0.15) is 12.7 Å². The van der Waals surface area contributed by atoms with Gasteiger partial charge in [-0.3, -0.25) is 13.9 Å². The van der Waals surface area contributed by atoms with Crippen LogP contribution in [0.25, 0.3) is 5.65 Å². The molecule has 8 nitrogen and oxygen atoms in total. The molecule has 20 heavy (non-hydrogen) atoms. The monoisotopic (exact) mass is 271 g/mol. The Labute approximate surface area is 114 Å². The third kappa shape index (κ3) is 2.63. The number of hydrogen-bond acceptors (Lipinski definition) is 5. The van der Waals surface area contributed by atoms with Gasteiger partial charge in [0.05, 0.1) is 13.1 Å². The van der Waals surface area contributed by atoms with Crippen LogP contribution in [0.2, 0.25) is 0 Å². The van der Waals surface area contributed by atoms with Crippen LogP contribution in [0, 0.1) is 0 Å². The molecule has 0 spiro atoms. The van der Waals surface area contributed by atoms with Crippen molar-refractivity contribution in [3.63, 3.8) is 0 Å². The van der Waals surface area contributed by atoms with Crippen molar-refractivity contribution < 1.29 is 4.79 Å². The Kier molecular flexibility index (Phi) is 3.36. The van der Waals surface area contributed by atoms with E-state index in [0.29, 0.717) is 25.3 Å². The molecule has 0 atom stereocenters. The van der Waals surface area contributed by atoms with Crippen molar-refractivity contribution in [1.29, 1.82) is 0 Å². The average Bonchev–Trinajstić information content (AvgIpc) is 3.12. The van der Waals surface area contributed by atoms with Crippen LogP contribution < -0.4 is 5.32 Å². The van der Waals surface area contributed by atoms with Crippen LogP contribution in [-0.4, -0.2) is 35.3 Å². The SMILES string of the molecule is O=C(CCn1cncn1)NCc1nnc2ccccn12. The zero-order chi connectivity index (χ0) is 13.8. The van der Waals surface area contributed by atoms with E-state index >= 15 is 0 Å². The fourth-order valence-corrected chi connectivity index (χ4v) is 1.84. The van der Waals surface area contributed by atoms with Crippen molar-refractivity contribution in [3.8, 4) is 0 Å². The summed E-state index contributed by atoms with van der Waals surface area (Å²) in [6, 6.07) is 5.65. The number of fused-ring (bicyclic) bond motifs is 1. The highest BCUT2D eigenvalue weighted by atomic mass is 16.1. The number of pyridine rings is 1. The molecular weight excluding hydrogens is 258 g/mol. The van der Waals surface area contributed by atoms with Crippen LogP contribution in [0.5, 0.6) is 0 Å². The first-order valence-electron chi connectivity index (χ1n) is 6.21. The molecule has 0 saturated heterocycles. The molecule has 102 valence electrons. The molecule has 0 unspecified atom stereocenters. The second kappa shape index (κ2) is 5.47. The molecular formula is C12H13N7O. The highest BCUT2D eigenvalue weighted by molar-refractivity contribution is 5.75. The van der Waals surface area contributed by atoms with E-state index in [1.807, 2.05) is 28.8 Å². The summed E-state index contributed by atoms with van der Waals surface area (Å²) in [6.07, 6.45) is 5.24. The lowest BCUT2D eigenvalue weighted by Gasteiger charge is -2.04. The summed E-state index contributed by atoms with van der Waals surface area (Å²) in [7, 11) is 0. The topological polar surface area (TPSA) is 90.0 Å². The van der Waals surface area contributed by atoms with Crippen LogP contribution in [-0.2, 0) is 17.9 Å². The summed E-state index contributed by atoms with van der Waals surface area (Å²) in [6.45, 7) is 0.855. The molecule has 0 aliphatic heterocycles. The van der Waals surface area contributed by atoms with Crippen molar-refractivity contribution in [2.45, 2.75) is 19.5 Å². The number of nitrogens with one attached hydrogen (secondary N) is 1. The first-order chi connectivity index (χ1) is 9.83. The second-order valence-electron chi connectivity index (χ2n) is 4.23. The predicted octanol–water partition coefficient (Wildman–Crippen LogP) is 0.0273. The summed E-state index contributed by atoms with van der Waals surface area (Å²) in [4.78, 5) is 15.6. The molecule has 0 aromatic carbocycles. The van der Waals surface area contributed by atoms with E-state index in [0.717, 1.165) is 5.65 Å². The Balaban J connectivity index is 1.55. The third-order valence-electron chi connectivity index (χ3n) is 2.86. The zero-order valence-electron chi connectivity index (χ0n) is 10.7. The normalized spacial score (nSPS) is 10.8. The molecule has 3 aromatic rings. The Morgan fingerprint density at radius 2 is 2.25 bits per heavy atom. The van der Waals surface area contributed by atoms with Crippen LogP contribution in [0.4, 0.5) is 0 Å². The van der Waals surface area contributed by atoms with Crippen molar-refractivity contribution in [2.24, 2.45) is 0 Å². The summed E-state index contributed by atoms with van der Waals surface area (Å²) >= 11 is 0. The van der Waals surface area contributed by atoms with Crippen LogP contribution >= 0.6 is 0 Å². The van der Waals surface area contributed by atoms with Gasteiger partial charge in [-0.2, -0.15) is 5.10 Å². The van der Waals surface area contributed by atoms with Gasteiger partial charge < -0.3 is 5.32 Å². The molecule has 3 aromatic heterocycles. The lowest BCUT2D eigenvalue weighted by molar-refractivity contribution is -0.121. The maximum Gasteiger partial charge on any atom is 0.222 e. The number of nitrogens with zero attached hydrogens (tertiary/aromatic N) is 6. The second-order valence-corrected chi connectivity index (χ2v) is 4.23. The van der Waals surface area contributed by atoms with E-state index in [9.17, 15) is 4.79 Å². The fraction of sp³-hybridized carbons (Fsp3) is 0.250. The Bertz CT molecular complexity index is 704. The van der Waals surface area contributed by atoms with E-state index < -0.39 is 0 Å². The van der Waals surface area contributed by atoms with Gasteiger partial charge in [0, 0.05) is 12.6 Å². The largest absolute Gasteiger partial charge is 0.349 e. The van der Waals surface area contributed by atoms with Gasteiger partial charge in [-0.05, 0) is 12.1 Å². The van der Waals surface area contributed by atoms with E-state index in [1.165, 1.54) is 6.33 Å². The lowest BCUT2D eigenvalue weighted by Crippen LogP contribution is -2.25. The standard InChI is InChI=1S/C12H13N7O/c20-12(4-6-18-9-13-8-15-18)14-7-11-17-16-10-3-1-2-5-19(10)11/h1-3,5,8-9H,4,6-7H2,(H,14,20). The molecule has 0 fully saturated rings. The maximum absolute atomic E-state index is 11.7. The van der Waals surface area contributed by atoms with Crippen molar-refractivity contribution in [3.05, 3.63) is 42.9 Å². The number of aryl methyl sites for hydroxylation is 1. The number of carbonyl (C=O) groups is 1. The summed E-state index contributed by atoms with van der Waals surface area (Å²) in [5.41, 5.74) is 0.763. The van der Waals surface area contributed by atoms with E-state index in [2.05, 4.69) is 25.6 Å². The average molecular weight is 271 g/mol. The van der Waals surface area contributed by atoms with Gasteiger partial charge in [0.25, 0.3) is 0 Å². The highest BCUT2D eigenvalue weighted by Crippen LogP contribution is 2.02. The zero-order valence-corrected chi connectivity index (χ0v) is 10.7. The van der Waals surface area contributed by atoms with Gasteiger partial charge in [0.2, 0.25) is 5.91 Å².